The molecule has 1 saturated heterocycles. The van der Waals surface area contributed by atoms with E-state index in [2.05, 4.69) is 15.5 Å². The highest BCUT2D eigenvalue weighted by molar-refractivity contribution is 5.94. The van der Waals surface area contributed by atoms with Gasteiger partial charge in [-0.15, -0.1) is 0 Å². The summed E-state index contributed by atoms with van der Waals surface area (Å²) < 4.78 is 0. The molecule has 0 unspecified atom stereocenters. The first kappa shape index (κ1) is 16.3. The molecule has 1 aromatic carbocycles. The van der Waals surface area contributed by atoms with E-state index < -0.39 is 0 Å². The average molecular weight is 303 g/mol. The van der Waals surface area contributed by atoms with Crippen LogP contribution in [0.4, 0.5) is 5.69 Å². The molecule has 0 aromatic heterocycles. The van der Waals surface area contributed by atoms with Crippen molar-refractivity contribution in [1.29, 1.82) is 0 Å². The lowest BCUT2D eigenvalue weighted by Crippen LogP contribution is -2.26. The van der Waals surface area contributed by atoms with Crippen molar-refractivity contribution in [3.8, 4) is 0 Å². The summed E-state index contributed by atoms with van der Waals surface area (Å²) in [4.78, 5) is 25.1. The van der Waals surface area contributed by atoms with Crippen LogP contribution in [0.5, 0.6) is 0 Å². The first-order chi connectivity index (χ1) is 10.7. The Kier molecular flexibility index (Phi) is 6.25. The van der Waals surface area contributed by atoms with Crippen LogP contribution < -0.4 is 15.5 Å². The van der Waals surface area contributed by atoms with Gasteiger partial charge in [-0.2, -0.15) is 0 Å². The maximum atomic E-state index is 12.0. The van der Waals surface area contributed by atoms with E-state index in [-0.39, 0.29) is 11.8 Å². The van der Waals surface area contributed by atoms with Gasteiger partial charge in [0.2, 0.25) is 5.91 Å². The van der Waals surface area contributed by atoms with Gasteiger partial charge in [0.25, 0.3) is 5.91 Å². The van der Waals surface area contributed by atoms with E-state index in [0.717, 1.165) is 25.9 Å². The van der Waals surface area contributed by atoms with Crippen LogP contribution in [-0.4, -0.2) is 38.0 Å². The van der Waals surface area contributed by atoms with E-state index in [1.807, 2.05) is 24.3 Å². The minimum atomic E-state index is -0.0347. The Morgan fingerprint density at radius 3 is 2.18 bits per heavy atom. The number of anilines is 1. The van der Waals surface area contributed by atoms with Gasteiger partial charge in [-0.1, -0.05) is 0 Å². The van der Waals surface area contributed by atoms with Gasteiger partial charge >= 0.3 is 0 Å². The fourth-order valence-electron chi connectivity index (χ4n) is 2.62. The smallest absolute Gasteiger partial charge is 0.251 e. The van der Waals surface area contributed by atoms with Crippen LogP contribution >= 0.6 is 0 Å². The molecule has 22 heavy (non-hydrogen) atoms. The molecule has 1 aliphatic rings. The monoisotopic (exact) mass is 303 g/mol. The summed E-state index contributed by atoms with van der Waals surface area (Å²) >= 11 is 0. The van der Waals surface area contributed by atoms with Gasteiger partial charge in [0, 0.05) is 44.4 Å². The lowest BCUT2D eigenvalue weighted by molar-refractivity contribution is -0.118. The number of carbonyl (C=O) groups is 2. The summed E-state index contributed by atoms with van der Waals surface area (Å²) in [6.07, 6.45) is 4.23. The maximum absolute atomic E-state index is 12.0. The number of rotatable bonds is 7. The molecule has 0 radical (unpaired) electrons. The van der Waals surface area contributed by atoms with Crippen LogP contribution in [0.1, 0.15) is 43.0 Å². The molecule has 5 nitrogen and oxygen atoms in total. The SMILES string of the molecule is CC(=O)NCCCCNC(=O)c1ccc(N2CCCC2)cc1. The molecule has 2 amide bonds. The van der Waals surface area contributed by atoms with Crippen LogP contribution in [-0.2, 0) is 4.79 Å². The Hall–Kier alpha value is -2.04. The highest BCUT2D eigenvalue weighted by atomic mass is 16.2. The van der Waals surface area contributed by atoms with Gasteiger partial charge in [0.1, 0.15) is 0 Å². The van der Waals surface area contributed by atoms with Crippen molar-refractivity contribution in [3.63, 3.8) is 0 Å². The molecule has 1 aliphatic heterocycles. The normalized spacial score (nSPS) is 14.0. The van der Waals surface area contributed by atoms with E-state index in [1.165, 1.54) is 25.5 Å². The predicted molar refractivity (Wildman–Crippen MR) is 88.1 cm³/mol. The summed E-state index contributed by atoms with van der Waals surface area (Å²) in [6, 6.07) is 7.83. The Bertz CT molecular complexity index is 493. The number of nitrogens with zero attached hydrogens (tertiary/aromatic N) is 1. The first-order valence-corrected chi connectivity index (χ1v) is 8.04. The molecular weight excluding hydrogens is 278 g/mol. The van der Waals surface area contributed by atoms with Crippen molar-refractivity contribution < 1.29 is 9.59 Å². The van der Waals surface area contributed by atoms with E-state index in [0.29, 0.717) is 18.7 Å². The minimum Gasteiger partial charge on any atom is -0.372 e. The lowest BCUT2D eigenvalue weighted by atomic mass is 10.2. The molecule has 0 bridgehead atoms. The number of unbranched alkanes of at least 4 members (excludes halogenated alkanes) is 1. The van der Waals surface area contributed by atoms with Crippen molar-refractivity contribution >= 4 is 17.5 Å². The van der Waals surface area contributed by atoms with Crippen LogP contribution in [0.3, 0.4) is 0 Å². The van der Waals surface area contributed by atoms with Crippen molar-refractivity contribution in [2.45, 2.75) is 32.6 Å². The van der Waals surface area contributed by atoms with Crippen LogP contribution in [0, 0.1) is 0 Å². The standard InChI is InChI=1S/C17H25N3O2/c1-14(21)18-10-2-3-11-19-17(22)15-6-8-16(9-7-15)20-12-4-5-13-20/h6-9H,2-5,10-13H2,1H3,(H,18,21)(H,19,22). The molecule has 5 heteroatoms. The largest absolute Gasteiger partial charge is 0.372 e. The molecule has 0 aliphatic carbocycles. The third-order valence-corrected chi connectivity index (χ3v) is 3.86. The number of benzene rings is 1. The predicted octanol–water partition coefficient (Wildman–Crippen LogP) is 1.93. The Balaban J connectivity index is 1.69. The summed E-state index contributed by atoms with van der Waals surface area (Å²) in [6.45, 7) is 5.02. The van der Waals surface area contributed by atoms with E-state index >= 15 is 0 Å². The lowest BCUT2D eigenvalue weighted by Gasteiger charge is -2.17. The molecule has 0 saturated carbocycles. The average Bonchev–Trinajstić information content (AvgIpc) is 3.05. The van der Waals surface area contributed by atoms with Gasteiger partial charge in [-0.05, 0) is 49.9 Å². The Morgan fingerprint density at radius 1 is 1.00 bits per heavy atom. The van der Waals surface area contributed by atoms with Crippen molar-refractivity contribution in [1.82, 2.24) is 10.6 Å². The zero-order valence-electron chi connectivity index (χ0n) is 13.2. The van der Waals surface area contributed by atoms with E-state index in [9.17, 15) is 9.59 Å². The zero-order chi connectivity index (χ0) is 15.8. The summed E-state index contributed by atoms with van der Waals surface area (Å²) in [5.41, 5.74) is 1.90. The van der Waals surface area contributed by atoms with Gasteiger partial charge in [0.15, 0.2) is 0 Å². The number of amides is 2. The minimum absolute atomic E-state index is 0.0119. The highest BCUT2D eigenvalue weighted by Gasteiger charge is 2.12. The third-order valence-electron chi connectivity index (χ3n) is 3.86. The number of hydrogen-bond donors (Lipinski definition) is 2. The molecule has 2 rings (SSSR count). The number of hydrogen-bond acceptors (Lipinski definition) is 3. The van der Waals surface area contributed by atoms with Gasteiger partial charge in [-0.3, -0.25) is 9.59 Å². The Morgan fingerprint density at radius 2 is 1.59 bits per heavy atom. The van der Waals surface area contributed by atoms with Crippen molar-refractivity contribution in [2.75, 3.05) is 31.1 Å². The highest BCUT2D eigenvalue weighted by Crippen LogP contribution is 2.20. The fraction of sp³-hybridized carbons (Fsp3) is 0.529. The van der Waals surface area contributed by atoms with Gasteiger partial charge < -0.3 is 15.5 Å². The summed E-state index contributed by atoms with van der Waals surface area (Å²) in [5.74, 6) is -0.0466. The van der Waals surface area contributed by atoms with Crippen molar-refractivity contribution in [3.05, 3.63) is 29.8 Å². The molecule has 0 atom stereocenters. The van der Waals surface area contributed by atoms with Crippen LogP contribution in [0.2, 0.25) is 0 Å². The van der Waals surface area contributed by atoms with Crippen molar-refractivity contribution in [2.24, 2.45) is 0 Å². The Labute approximate surface area is 132 Å². The second kappa shape index (κ2) is 8.41. The maximum Gasteiger partial charge on any atom is 0.251 e. The second-order valence-corrected chi connectivity index (χ2v) is 5.69. The van der Waals surface area contributed by atoms with Crippen LogP contribution in [0.15, 0.2) is 24.3 Å². The molecule has 120 valence electrons. The van der Waals surface area contributed by atoms with Crippen LogP contribution in [0.25, 0.3) is 0 Å². The zero-order valence-corrected chi connectivity index (χ0v) is 13.2. The topological polar surface area (TPSA) is 61.4 Å². The quantitative estimate of drug-likeness (QED) is 0.757. The molecule has 1 aromatic rings. The first-order valence-electron chi connectivity index (χ1n) is 8.04. The second-order valence-electron chi connectivity index (χ2n) is 5.69. The number of nitrogens with one attached hydrogen (secondary N) is 2. The summed E-state index contributed by atoms with van der Waals surface area (Å²) in [5, 5.41) is 5.65. The molecule has 1 heterocycles. The van der Waals surface area contributed by atoms with Gasteiger partial charge in [0.05, 0.1) is 0 Å². The number of carbonyl (C=O) groups excluding carboxylic acids is 2. The van der Waals surface area contributed by atoms with E-state index in [4.69, 9.17) is 0 Å². The van der Waals surface area contributed by atoms with E-state index in [1.54, 1.807) is 0 Å². The summed E-state index contributed by atoms with van der Waals surface area (Å²) in [7, 11) is 0. The molecule has 1 fully saturated rings. The third kappa shape index (κ3) is 5.06. The van der Waals surface area contributed by atoms with Gasteiger partial charge in [-0.25, -0.2) is 0 Å². The molecule has 2 N–H and O–H groups in total. The molecule has 0 spiro atoms. The molecular formula is C17H25N3O2. The fourth-order valence-corrected chi connectivity index (χ4v) is 2.62.